The van der Waals surface area contributed by atoms with Crippen LogP contribution in [0.1, 0.15) is 20.8 Å². The molecular weight excluding hydrogens is 234 g/mol. The largest absolute Gasteiger partial charge is 0.492 e. The number of ether oxygens (including phenoxy) is 1. The summed E-state index contributed by atoms with van der Waals surface area (Å²) in [6.45, 7) is 4.71. The number of carbonyl (C=O) groups is 2. The molecule has 0 aromatic heterocycles. The zero-order chi connectivity index (χ0) is 13.8. The number of rotatable bonds is 5. The molecule has 0 atom stereocenters. The summed E-state index contributed by atoms with van der Waals surface area (Å²) in [5.74, 6) is -0.480. The Balaban J connectivity index is 2.59. The van der Waals surface area contributed by atoms with Crippen LogP contribution in [-0.4, -0.2) is 23.6 Å². The van der Waals surface area contributed by atoms with Crippen LogP contribution in [0.3, 0.4) is 0 Å². The monoisotopic (exact) mass is 251 g/mol. The van der Waals surface area contributed by atoms with Crippen molar-refractivity contribution >= 4 is 17.6 Å². The predicted molar refractivity (Wildman–Crippen MR) is 67.7 cm³/mol. The van der Waals surface area contributed by atoms with Crippen LogP contribution in [-0.2, 0) is 9.59 Å². The van der Waals surface area contributed by atoms with Gasteiger partial charge in [0.25, 0.3) is 0 Å². The number of anilines is 1. The van der Waals surface area contributed by atoms with Gasteiger partial charge in [-0.2, -0.15) is 0 Å². The highest BCUT2D eigenvalue weighted by Gasteiger charge is 2.28. The van der Waals surface area contributed by atoms with Gasteiger partial charge >= 0.3 is 5.97 Å². The topological polar surface area (TPSA) is 75.6 Å². The van der Waals surface area contributed by atoms with Gasteiger partial charge in [-0.15, -0.1) is 0 Å². The summed E-state index contributed by atoms with van der Waals surface area (Å²) in [5.41, 5.74) is -0.261. The molecule has 1 amide bonds. The van der Waals surface area contributed by atoms with Crippen LogP contribution in [0.5, 0.6) is 5.75 Å². The quantitative estimate of drug-likeness (QED) is 0.840. The molecule has 5 nitrogen and oxygen atoms in total. The molecule has 1 aromatic rings. The third-order valence-electron chi connectivity index (χ3n) is 2.35. The fourth-order valence-electron chi connectivity index (χ4n) is 1.16. The highest BCUT2D eigenvalue weighted by Crippen LogP contribution is 2.20. The molecule has 1 rings (SSSR count). The molecule has 98 valence electrons. The van der Waals surface area contributed by atoms with Gasteiger partial charge in [-0.1, -0.05) is 0 Å². The zero-order valence-corrected chi connectivity index (χ0v) is 10.7. The van der Waals surface area contributed by atoms with Gasteiger partial charge in [0.15, 0.2) is 0 Å². The fourth-order valence-corrected chi connectivity index (χ4v) is 1.16. The molecular formula is C13H17NO4. The van der Waals surface area contributed by atoms with Crippen LogP contribution in [0.4, 0.5) is 5.69 Å². The summed E-state index contributed by atoms with van der Waals surface area (Å²) in [6.07, 6.45) is 0. The summed E-state index contributed by atoms with van der Waals surface area (Å²) in [5, 5.41) is 11.6. The number of hydrogen-bond acceptors (Lipinski definition) is 3. The first-order valence-electron chi connectivity index (χ1n) is 5.55. The smallest absolute Gasteiger partial charge is 0.312 e. The van der Waals surface area contributed by atoms with Crippen molar-refractivity contribution in [3.05, 3.63) is 24.3 Å². The standard InChI is InChI=1S/C13H17NO4/c1-9(15)14-10-4-6-11(7-5-10)18-8-13(2,3)12(16)17/h4-7H,8H2,1-3H3,(H,14,15)(H,16,17). The average molecular weight is 251 g/mol. The molecule has 0 saturated carbocycles. The van der Waals surface area contributed by atoms with Crippen molar-refractivity contribution < 1.29 is 19.4 Å². The maximum atomic E-state index is 10.9. The molecule has 0 saturated heterocycles. The first kappa shape index (κ1) is 14.0. The third-order valence-corrected chi connectivity index (χ3v) is 2.35. The summed E-state index contributed by atoms with van der Waals surface area (Å²) >= 11 is 0. The molecule has 5 heteroatoms. The van der Waals surface area contributed by atoms with E-state index in [0.717, 1.165) is 0 Å². The van der Waals surface area contributed by atoms with E-state index < -0.39 is 11.4 Å². The molecule has 0 spiro atoms. The van der Waals surface area contributed by atoms with E-state index >= 15 is 0 Å². The van der Waals surface area contributed by atoms with E-state index in [0.29, 0.717) is 11.4 Å². The van der Waals surface area contributed by atoms with Gasteiger partial charge in [0.05, 0.1) is 5.41 Å². The minimum absolute atomic E-state index is 0.0851. The number of carbonyl (C=O) groups excluding carboxylic acids is 1. The molecule has 1 aromatic carbocycles. The zero-order valence-electron chi connectivity index (χ0n) is 10.7. The lowest BCUT2D eigenvalue weighted by molar-refractivity contribution is -0.148. The molecule has 0 radical (unpaired) electrons. The Morgan fingerprint density at radius 2 is 1.83 bits per heavy atom. The van der Waals surface area contributed by atoms with Crippen molar-refractivity contribution in [3.8, 4) is 5.75 Å². The van der Waals surface area contributed by atoms with Crippen LogP contribution in [0.2, 0.25) is 0 Å². The molecule has 2 N–H and O–H groups in total. The number of carboxylic acid groups (broad SMARTS) is 1. The van der Waals surface area contributed by atoms with Crippen LogP contribution in [0, 0.1) is 5.41 Å². The van der Waals surface area contributed by atoms with Gasteiger partial charge in [-0.25, -0.2) is 0 Å². The number of hydrogen-bond donors (Lipinski definition) is 2. The van der Waals surface area contributed by atoms with Crippen molar-refractivity contribution in [1.82, 2.24) is 0 Å². The minimum Gasteiger partial charge on any atom is -0.492 e. The second-order valence-electron chi connectivity index (χ2n) is 4.68. The third kappa shape index (κ3) is 4.08. The van der Waals surface area contributed by atoms with Crippen molar-refractivity contribution in [3.63, 3.8) is 0 Å². The number of benzene rings is 1. The highest BCUT2D eigenvalue weighted by molar-refractivity contribution is 5.88. The second kappa shape index (κ2) is 5.53. The summed E-state index contributed by atoms with van der Waals surface area (Å²) in [7, 11) is 0. The maximum absolute atomic E-state index is 10.9. The minimum atomic E-state index is -0.934. The van der Waals surface area contributed by atoms with E-state index in [1.54, 1.807) is 38.1 Å². The molecule has 0 fully saturated rings. The number of aliphatic carboxylic acids is 1. The predicted octanol–water partition coefficient (Wildman–Crippen LogP) is 2.13. The molecule has 0 aliphatic rings. The van der Waals surface area contributed by atoms with Crippen LogP contribution in [0.25, 0.3) is 0 Å². The Hall–Kier alpha value is -2.04. The van der Waals surface area contributed by atoms with E-state index in [2.05, 4.69) is 5.32 Å². The molecule has 0 heterocycles. The number of amides is 1. The van der Waals surface area contributed by atoms with Gasteiger partial charge < -0.3 is 15.2 Å². The van der Waals surface area contributed by atoms with E-state index in [1.165, 1.54) is 6.92 Å². The lowest BCUT2D eigenvalue weighted by atomic mass is 9.95. The Morgan fingerprint density at radius 3 is 2.28 bits per heavy atom. The molecule has 0 unspecified atom stereocenters. The van der Waals surface area contributed by atoms with E-state index in [9.17, 15) is 9.59 Å². The van der Waals surface area contributed by atoms with Gasteiger partial charge in [0, 0.05) is 12.6 Å². The highest BCUT2D eigenvalue weighted by atomic mass is 16.5. The lowest BCUT2D eigenvalue weighted by Crippen LogP contribution is -2.30. The molecule has 0 aliphatic heterocycles. The molecule has 0 bridgehead atoms. The lowest BCUT2D eigenvalue weighted by Gasteiger charge is -2.19. The number of nitrogens with one attached hydrogen (secondary N) is 1. The SMILES string of the molecule is CC(=O)Nc1ccc(OCC(C)(C)C(=O)O)cc1. The van der Waals surface area contributed by atoms with Crippen molar-refractivity contribution in [2.75, 3.05) is 11.9 Å². The number of carboxylic acids is 1. The first-order valence-corrected chi connectivity index (χ1v) is 5.55. The summed E-state index contributed by atoms with van der Waals surface area (Å²) < 4.78 is 5.40. The van der Waals surface area contributed by atoms with Gasteiger partial charge in [0.1, 0.15) is 12.4 Å². The van der Waals surface area contributed by atoms with E-state index in [-0.39, 0.29) is 12.5 Å². The van der Waals surface area contributed by atoms with E-state index in [4.69, 9.17) is 9.84 Å². The maximum Gasteiger partial charge on any atom is 0.312 e. The van der Waals surface area contributed by atoms with Crippen LogP contribution < -0.4 is 10.1 Å². The average Bonchev–Trinajstić information content (AvgIpc) is 2.27. The first-order chi connectivity index (χ1) is 8.31. The summed E-state index contributed by atoms with van der Waals surface area (Å²) in [4.78, 5) is 21.7. The Morgan fingerprint density at radius 1 is 1.28 bits per heavy atom. The Labute approximate surface area is 106 Å². The van der Waals surface area contributed by atoms with Gasteiger partial charge in [0.2, 0.25) is 5.91 Å². The van der Waals surface area contributed by atoms with Crippen molar-refractivity contribution in [2.45, 2.75) is 20.8 Å². The molecule has 0 aliphatic carbocycles. The van der Waals surface area contributed by atoms with Gasteiger partial charge in [-0.05, 0) is 38.1 Å². The van der Waals surface area contributed by atoms with Crippen LogP contribution >= 0.6 is 0 Å². The Kier molecular flexibility index (Phi) is 4.31. The van der Waals surface area contributed by atoms with Crippen molar-refractivity contribution in [2.24, 2.45) is 5.41 Å². The Bertz CT molecular complexity index is 437. The fraction of sp³-hybridized carbons (Fsp3) is 0.385. The van der Waals surface area contributed by atoms with Gasteiger partial charge in [-0.3, -0.25) is 9.59 Å². The molecule has 18 heavy (non-hydrogen) atoms. The normalized spacial score (nSPS) is 10.8. The van der Waals surface area contributed by atoms with E-state index in [1.807, 2.05) is 0 Å². The second-order valence-corrected chi connectivity index (χ2v) is 4.68. The van der Waals surface area contributed by atoms with Crippen LogP contribution in [0.15, 0.2) is 24.3 Å². The summed E-state index contributed by atoms with van der Waals surface area (Å²) in [6, 6.07) is 6.77. The van der Waals surface area contributed by atoms with Crippen molar-refractivity contribution in [1.29, 1.82) is 0 Å².